The Morgan fingerprint density at radius 2 is 1.56 bits per heavy atom. The second kappa shape index (κ2) is 13.0. The Labute approximate surface area is 259 Å². The molecule has 0 saturated carbocycles. The van der Waals surface area contributed by atoms with Crippen molar-refractivity contribution >= 4 is 43.7 Å². The molecule has 2 aliphatic rings. The fraction of sp³-hybridized carbons (Fsp3) is 0.375. The van der Waals surface area contributed by atoms with Gasteiger partial charge in [-0.25, -0.2) is 4.79 Å². The molecule has 1 saturated heterocycles. The summed E-state index contributed by atoms with van der Waals surface area (Å²) in [5.41, 5.74) is 2.82. The molecule has 2 heterocycles. The predicted molar refractivity (Wildman–Crippen MR) is 170 cm³/mol. The number of ether oxygens (including phenoxy) is 2. The number of halogens is 2. The third kappa shape index (κ3) is 6.32. The molecule has 0 N–H and O–H groups in total. The maximum atomic E-state index is 14.6. The van der Waals surface area contributed by atoms with E-state index in [1.165, 1.54) is 0 Å². The van der Waals surface area contributed by atoms with E-state index >= 15 is 0 Å². The third-order valence-electron chi connectivity index (χ3n) is 7.89. The fourth-order valence-corrected chi connectivity index (χ4v) is 6.20. The first-order valence-corrected chi connectivity index (χ1v) is 15.5. The number of urea groups is 1. The van der Waals surface area contributed by atoms with Crippen LogP contribution in [0.2, 0.25) is 0 Å². The highest BCUT2D eigenvalue weighted by Crippen LogP contribution is 2.46. The van der Waals surface area contributed by atoms with Crippen LogP contribution in [-0.4, -0.2) is 73.5 Å². The standard InChI is InChI=1S/C32H36Br2N4O3/c1-5-41-28-20-26(40-4)14-15-27(28)31-35-29(21-6-10-23(33)11-7-21)30(22-8-12-24(34)13-9-22)38(31)32(39)37-18-16-25(17-19-37)36(2)3/h6-15,20,25,29-30H,5,16-19H2,1-4H3. The fourth-order valence-electron chi connectivity index (χ4n) is 5.67. The Morgan fingerprint density at radius 1 is 0.951 bits per heavy atom. The van der Waals surface area contributed by atoms with Gasteiger partial charge in [-0.2, -0.15) is 0 Å². The lowest BCUT2D eigenvalue weighted by atomic mass is 9.93. The number of benzene rings is 3. The first-order chi connectivity index (χ1) is 19.8. The molecule has 0 aromatic heterocycles. The molecule has 2 amide bonds. The van der Waals surface area contributed by atoms with Gasteiger partial charge in [0.1, 0.15) is 23.4 Å². The summed E-state index contributed by atoms with van der Waals surface area (Å²) in [6, 6.07) is 21.9. The highest BCUT2D eigenvalue weighted by atomic mass is 79.9. The first kappa shape index (κ1) is 29.6. The molecule has 0 bridgehead atoms. The van der Waals surface area contributed by atoms with Crippen molar-refractivity contribution in [3.05, 3.63) is 92.4 Å². The lowest BCUT2D eigenvalue weighted by Gasteiger charge is -2.39. The normalized spacial score (nSPS) is 19.4. The maximum absolute atomic E-state index is 14.6. The molecule has 2 aliphatic heterocycles. The van der Waals surface area contributed by atoms with Gasteiger partial charge in [-0.1, -0.05) is 56.1 Å². The van der Waals surface area contributed by atoms with Crippen molar-refractivity contribution in [3.63, 3.8) is 0 Å². The van der Waals surface area contributed by atoms with E-state index in [0.717, 1.165) is 38.5 Å². The van der Waals surface area contributed by atoms with Crippen molar-refractivity contribution in [2.75, 3.05) is 40.9 Å². The second-order valence-corrected chi connectivity index (χ2v) is 12.4. The number of hydrogen-bond donors (Lipinski definition) is 0. The van der Waals surface area contributed by atoms with Crippen LogP contribution in [0.4, 0.5) is 4.79 Å². The summed E-state index contributed by atoms with van der Waals surface area (Å²) in [6.45, 7) is 3.82. The Hall–Kier alpha value is -2.88. The molecular weight excluding hydrogens is 648 g/mol. The van der Waals surface area contributed by atoms with Crippen LogP contribution in [0.25, 0.3) is 0 Å². The number of rotatable bonds is 7. The largest absolute Gasteiger partial charge is 0.497 e. The van der Waals surface area contributed by atoms with Crippen LogP contribution in [0.5, 0.6) is 11.5 Å². The zero-order valence-corrected chi connectivity index (χ0v) is 27.1. The lowest BCUT2D eigenvalue weighted by molar-refractivity contribution is 0.127. The second-order valence-electron chi connectivity index (χ2n) is 10.6. The van der Waals surface area contributed by atoms with Gasteiger partial charge in [-0.3, -0.25) is 9.89 Å². The molecule has 5 rings (SSSR count). The molecule has 1 fully saturated rings. The van der Waals surface area contributed by atoms with Gasteiger partial charge < -0.3 is 19.3 Å². The SMILES string of the molecule is CCOc1cc(OC)ccc1C1=NC(c2ccc(Br)cc2)C(c2ccc(Br)cc2)N1C(=O)N1CCC(N(C)C)CC1. The van der Waals surface area contributed by atoms with Gasteiger partial charge >= 0.3 is 6.03 Å². The van der Waals surface area contributed by atoms with Crippen LogP contribution in [0, 0.1) is 0 Å². The van der Waals surface area contributed by atoms with Crippen LogP contribution in [-0.2, 0) is 0 Å². The molecule has 41 heavy (non-hydrogen) atoms. The van der Waals surface area contributed by atoms with Gasteiger partial charge in [-0.15, -0.1) is 0 Å². The summed E-state index contributed by atoms with van der Waals surface area (Å²) < 4.78 is 13.6. The average Bonchev–Trinajstić information content (AvgIpc) is 3.38. The van der Waals surface area contributed by atoms with Gasteiger partial charge in [0, 0.05) is 34.1 Å². The molecule has 7 nitrogen and oxygen atoms in total. The number of carbonyl (C=O) groups excluding carboxylic acids is 1. The Kier molecular flexibility index (Phi) is 9.36. The molecule has 3 aromatic carbocycles. The minimum absolute atomic E-state index is 0.0354. The summed E-state index contributed by atoms with van der Waals surface area (Å²) in [7, 11) is 5.86. The van der Waals surface area contributed by atoms with Crippen molar-refractivity contribution < 1.29 is 14.3 Å². The highest BCUT2D eigenvalue weighted by molar-refractivity contribution is 9.10. The number of carbonyl (C=O) groups is 1. The van der Waals surface area contributed by atoms with E-state index in [9.17, 15) is 4.79 Å². The summed E-state index contributed by atoms with van der Waals surface area (Å²) in [4.78, 5) is 26.1. The quantitative estimate of drug-likeness (QED) is 0.262. The molecule has 9 heteroatoms. The summed E-state index contributed by atoms with van der Waals surface area (Å²) >= 11 is 7.15. The topological polar surface area (TPSA) is 57.6 Å². The predicted octanol–water partition coefficient (Wildman–Crippen LogP) is 7.31. The van der Waals surface area contributed by atoms with Crippen LogP contribution < -0.4 is 9.47 Å². The summed E-state index contributed by atoms with van der Waals surface area (Å²) in [6.07, 6.45) is 1.87. The molecular formula is C32H36Br2N4O3. The lowest BCUT2D eigenvalue weighted by Crippen LogP contribution is -2.51. The molecule has 2 atom stereocenters. The van der Waals surface area contributed by atoms with Gasteiger partial charge in [0.15, 0.2) is 0 Å². The number of methoxy groups -OCH3 is 1. The summed E-state index contributed by atoms with van der Waals surface area (Å²) in [5.74, 6) is 1.94. The number of likely N-dealkylation sites (tertiary alicyclic amines) is 1. The van der Waals surface area contributed by atoms with E-state index in [1.807, 2.05) is 59.2 Å². The molecule has 0 spiro atoms. The smallest absolute Gasteiger partial charge is 0.326 e. The molecule has 2 unspecified atom stereocenters. The number of aliphatic imine (C=N–C) groups is 1. The third-order valence-corrected chi connectivity index (χ3v) is 8.95. The van der Waals surface area contributed by atoms with E-state index < -0.39 is 0 Å². The van der Waals surface area contributed by atoms with Gasteiger partial charge in [0.25, 0.3) is 0 Å². The van der Waals surface area contributed by atoms with Crippen LogP contribution in [0.15, 0.2) is 80.7 Å². The maximum Gasteiger partial charge on any atom is 0.326 e. The number of amidine groups is 1. The van der Waals surface area contributed by atoms with Gasteiger partial charge in [0.05, 0.1) is 25.3 Å². The molecule has 3 aromatic rings. The minimum atomic E-state index is -0.338. The van der Waals surface area contributed by atoms with Crippen molar-refractivity contribution in [1.29, 1.82) is 0 Å². The molecule has 0 radical (unpaired) electrons. The van der Waals surface area contributed by atoms with E-state index in [0.29, 0.717) is 43.1 Å². The number of amides is 2. The van der Waals surface area contributed by atoms with E-state index in [-0.39, 0.29) is 18.1 Å². The Balaban J connectivity index is 1.65. The zero-order chi connectivity index (χ0) is 29.1. The van der Waals surface area contributed by atoms with E-state index in [2.05, 4.69) is 75.1 Å². The molecule has 0 aliphatic carbocycles. The van der Waals surface area contributed by atoms with Crippen molar-refractivity contribution in [3.8, 4) is 11.5 Å². The first-order valence-electron chi connectivity index (χ1n) is 13.9. The number of piperidine rings is 1. The van der Waals surface area contributed by atoms with Gasteiger partial charge in [-0.05, 0) is 81.4 Å². The number of nitrogens with zero attached hydrogens (tertiary/aromatic N) is 4. The monoisotopic (exact) mass is 682 g/mol. The Bertz CT molecular complexity index is 1390. The van der Waals surface area contributed by atoms with E-state index in [1.54, 1.807) is 7.11 Å². The van der Waals surface area contributed by atoms with Crippen LogP contribution in [0.1, 0.15) is 48.5 Å². The van der Waals surface area contributed by atoms with E-state index in [4.69, 9.17) is 14.5 Å². The van der Waals surface area contributed by atoms with Crippen molar-refractivity contribution in [2.45, 2.75) is 37.9 Å². The Morgan fingerprint density at radius 3 is 2.12 bits per heavy atom. The van der Waals surface area contributed by atoms with Crippen molar-refractivity contribution in [2.24, 2.45) is 4.99 Å². The average molecular weight is 684 g/mol. The molecule has 216 valence electrons. The summed E-state index contributed by atoms with van der Waals surface area (Å²) in [5, 5.41) is 0. The minimum Gasteiger partial charge on any atom is -0.497 e. The van der Waals surface area contributed by atoms with Gasteiger partial charge in [0.2, 0.25) is 0 Å². The van der Waals surface area contributed by atoms with Crippen LogP contribution >= 0.6 is 31.9 Å². The van der Waals surface area contributed by atoms with Crippen LogP contribution in [0.3, 0.4) is 0 Å². The van der Waals surface area contributed by atoms with Crippen molar-refractivity contribution in [1.82, 2.24) is 14.7 Å². The number of hydrogen-bond acceptors (Lipinski definition) is 5. The zero-order valence-electron chi connectivity index (χ0n) is 23.9. The highest BCUT2D eigenvalue weighted by Gasteiger charge is 2.45.